The number of methoxy groups -OCH3 is 1. The number of nitrogens with zero attached hydrogens (tertiary/aromatic N) is 2. The summed E-state index contributed by atoms with van der Waals surface area (Å²) >= 11 is 3.44. The van der Waals surface area contributed by atoms with E-state index in [1.807, 2.05) is 18.2 Å². The minimum absolute atomic E-state index is 0.669. The Morgan fingerprint density at radius 1 is 1.25 bits per heavy atom. The van der Waals surface area contributed by atoms with Crippen molar-refractivity contribution in [3.8, 4) is 5.75 Å². The highest BCUT2D eigenvalue weighted by Crippen LogP contribution is 2.30. The molecule has 0 radical (unpaired) electrons. The zero-order valence-electron chi connectivity index (χ0n) is 11.5. The molecule has 5 nitrogen and oxygen atoms in total. The highest BCUT2D eigenvalue weighted by Gasteiger charge is 2.05. The van der Waals surface area contributed by atoms with Crippen LogP contribution in [0.5, 0.6) is 5.75 Å². The van der Waals surface area contributed by atoms with Crippen molar-refractivity contribution < 1.29 is 4.74 Å². The smallest absolute Gasteiger partial charge is 0.151 e. The fraction of sp³-hybridized carbons (Fsp3) is 0.286. The predicted molar refractivity (Wildman–Crippen MR) is 84.8 cm³/mol. The Labute approximate surface area is 126 Å². The zero-order valence-corrected chi connectivity index (χ0v) is 13.1. The van der Waals surface area contributed by atoms with Crippen LogP contribution in [-0.4, -0.2) is 23.6 Å². The van der Waals surface area contributed by atoms with Crippen LogP contribution in [0.2, 0.25) is 0 Å². The number of nitrogens with one attached hydrogen (secondary N) is 2. The average molecular weight is 337 g/mol. The first-order chi connectivity index (χ1) is 9.72. The highest BCUT2D eigenvalue weighted by atomic mass is 79.9. The summed E-state index contributed by atoms with van der Waals surface area (Å²) in [6, 6.07) is 5.75. The third-order valence-corrected chi connectivity index (χ3v) is 3.11. The normalized spacial score (nSPS) is 10.2. The van der Waals surface area contributed by atoms with Gasteiger partial charge in [-0.15, -0.1) is 0 Å². The van der Waals surface area contributed by atoms with E-state index in [1.165, 1.54) is 0 Å². The SMILES string of the molecule is CCCNc1cncc(Nc2cc(Br)ccc2OC)n1. The molecule has 0 spiro atoms. The van der Waals surface area contributed by atoms with Crippen LogP contribution >= 0.6 is 15.9 Å². The van der Waals surface area contributed by atoms with E-state index in [0.29, 0.717) is 5.82 Å². The lowest BCUT2D eigenvalue weighted by molar-refractivity contribution is 0.416. The van der Waals surface area contributed by atoms with E-state index in [2.05, 4.69) is 43.5 Å². The first-order valence-electron chi connectivity index (χ1n) is 6.39. The fourth-order valence-corrected chi connectivity index (χ4v) is 2.04. The fourth-order valence-electron chi connectivity index (χ4n) is 1.68. The standard InChI is InChI=1S/C14H17BrN4O/c1-3-6-17-13-8-16-9-14(19-13)18-11-7-10(15)4-5-12(11)20-2/h4-5,7-9H,3,6H2,1-2H3,(H2,17,18,19). The molecule has 2 rings (SSSR count). The Hall–Kier alpha value is -1.82. The molecule has 106 valence electrons. The first-order valence-corrected chi connectivity index (χ1v) is 7.18. The van der Waals surface area contributed by atoms with E-state index < -0.39 is 0 Å². The second kappa shape index (κ2) is 7.09. The van der Waals surface area contributed by atoms with Gasteiger partial charge in [-0.05, 0) is 24.6 Å². The molecule has 0 aliphatic carbocycles. The van der Waals surface area contributed by atoms with Gasteiger partial charge < -0.3 is 15.4 Å². The van der Waals surface area contributed by atoms with Crippen LogP contribution in [0.3, 0.4) is 0 Å². The average Bonchev–Trinajstić information content (AvgIpc) is 2.46. The Balaban J connectivity index is 2.19. The number of rotatable bonds is 6. The van der Waals surface area contributed by atoms with Gasteiger partial charge in [0.1, 0.15) is 11.6 Å². The van der Waals surface area contributed by atoms with Gasteiger partial charge >= 0.3 is 0 Å². The minimum atomic E-state index is 0.669. The van der Waals surface area contributed by atoms with Crippen molar-refractivity contribution in [2.45, 2.75) is 13.3 Å². The van der Waals surface area contributed by atoms with Gasteiger partial charge in [0.2, 0.25) is 0 Å². The molecule has 6 heteroatoms. The van der Waals surface area contributed by atoms with E-state index in [0.717, 1.165) is 34.7 Å². The molecule has 1 aromatic heterocycles. The maximum atomic E-state index is 5.32. The molecule has 0 aliphatic rings. The topological polar surface area (TPSA) is 59.1 Å². The summed E-state index contributed by atoms with van der Waals surface area (Å²) in [5.41, 5.74) is 0.837. The van der Waals surface area contributed by atoms with Gasteiger partial charge in [-0.2, -0.15) is 0 Å². The summed E-state index contributed by atoms with van der Waals surface area (Å²) in [5, 5.41) is 6.42. The van der Waals surface area contributed by atoms with Crippen LogP contribution < -0.4 is 15.4 Å². The van der Waals surface area contributed by atoms with Crippen molar-refractivity contribution >= 4 is 33.3 Å². The number of aromatic nitrogens is 2. The molecule has 20 heavy (non-hydrogen) atoms. The lowest BCUT2D eigenvalue weighted by Gasteiger charge is -2.11. The van der Waals surface area contributed by atoms with Crippen molar-refractivity contribution in [1.29, 1.82) is 0 Å². The monoisotopic (exact) mass is 336 g/mol. The van der Waals surface area contributed by atoms with E-state index in [-0.39, 0.29) is 0 Å². The molecular weight excluding hydrogens is 320 g/mol. The van der Waals surface area contributed by atoms with Gasteiger partial charge in [-0.1, -0.05) is 22.9 Å². The number of halogens is 1. The van der Waals surface area contributed by atoms with Gasteiger partial charge in [0.25, 0.3) is 0 Å². The molecule has 2 aromatic rings. The van der Waals surface area contributed by atoms with Crippen molar-refractivity contribution in [1.82, 2.24) is 9.97 Å². The van der Waals surface area contributed by atoms with Gasteiger partial charge in [0.05, 0.1) is 25.2 Å². The molecule has 0 saturated heterocycles. The number of benzene rings is 1. The van der Waals surface area contributed by atoms with E-state index in [4.69, 9.17) is 4.74 Å². The molecule has 0 saturated carbocycles. The number of ether oxygens (including phenoxy) is 1. The summed E-state index contributed by atoms with van der Waals surface area (Å²) in [6.45, 7) is 2.98. The maximum Gasteiger partial charge on any atom is 0.151 e. The van der Waals surface area contributed by atoms with Gasteiger partial charge in [-0.3, -0.25) is 4.98 Å². The molecule has 0 aliphatic heterocycles. The second-order valence-corrected chi connectivity index (χ2v) is 5.10. The molecule has 0 fully saturated rings. The summed E-state index contributed by atoms with van der Waals surface area (Å²) in [4.78, 5) is 8.63. The largest absolute Gasteiger partial charge is 0.495 e. The van der Waals surface area contributed by atoms with E-state index in [1.54, 1.807) is 19.5 Å². The summed E-state index contributed by atoms with van der Waals surface area (Å²) in [7, 11) is 1.64. The van der Waals surface area contributed by atoms with Gasteiger partial charge in [0, 0.05) is 11.0 Å². The molecular formula is C14H17BrN4O. The molecule has 0 unspecified atom stereocenters. The van der Waals surface area contributed by atoms with Crippen LogP contribution in [0.15, 0.2) is 35.1 Å². The first kappa shape index (κ1) is 14.6. The quantitative estimate of drug-likeness (QED) is 0.839. The van der Waals surface area contributed by atoms with Crippen LogP contribution in [0.25, 0.3) is 0 Å². The van der Waals surface area contributed by atoms with Crippen molar-refractivity contribution in [3.63, 3.8) is 0 Å². The Bertz CT molecular complexity index is 577. The summed E-state index contributed by atoms with van der Waals surface area (Å²) in [5.74, 6) is 2.18. The summed E-state index contributed by atoms with van der Waals surface area (Å²) in [6.07, 6.45) is 4.43. The second-order valence-electron chi connectivity index (χ2n) is 4.19. The lowest BCUT2D eigenvalue weighted by Crippen LogP contribution is -2.04. The van der Waals surface area contributed by atoms with Crippen LogP contribution in [-0.2, 0) is 0 Å². The highest BCUT2D eigenvalue weighted by molar-refractivity contribution is 9.10. The summed E-state index contributed by atoms with van der Waals surface area (Å²) < 4.78 is 6.29. The Morgan fingerprint density at radius 2 is 2.05 bits per heavy atom. The molecule has 1 heterocycles. The van der Waals surface area contributed by atoms with Gasteiger partial charge in [-0.25, -0.2) is 4.98 Å². The predicted octanol–water partition coefficient (Wildman–Crippen LogP) is 3.81. The third-order valence-electron chi connectivity index (χ3n) is 2.61. The molecule has 1 aromatic carbocycles. The Morgan fingerprint density at radius 3 is 2.80 bits per heavy atom. The maximum absolute atomic E-state index is 5.32. The van der Waals surface area contributed by atoms with E-state index in [9.17, 15) is 0 Å². The minimum Gasteiger partial charge on any atom is -0.495 e. The molecule has 2 N–H and O–H groups in total. The van der Waals surface area contributed by atoms with Crippen molar-refractivity contribution in [2.24, 2.45) is 0 Å². The lowest BCUT2D eigenvalue weighted by atomic mass is 10.3. The van der Waals surface area contributed by atoms with Crippen LogP contribution in [0.1, 0.15) is 13.3 Å². The Kier molecular flexibility index (Phi) is 5.17. The van der Waals surface area contributed by atoms with Gasteiger partial charge in [0.15, 0.2) is 5.82 Å². The third kappa shape index (κ3) is 3.84. The molecule has 0 bridgehead atoms. The zero-order chi connectivity index (χ0) is 14.4. The van der Waals surface area contributed by atoms with Crippen molar-refractivity contribution in [2.75, 3.05) is 24.3 Å². The molecule has 0 atom stereocenters. The van der Waals surface area contributed by atoms with Crippen LogP contribution in [0.4, 0.5) is 17.3 Å². The van der Waals surface area contributed by atoms with Crippen LogP contribution in [0, 0.1) is 0 Å². The number of hydrogen-bond acceptors (Lipinski definition) is 5. The number of hydrogen-bond donors (Lipinski definition) is 2. The molecule has 0 amide bonds. The van der Waals surface area contributed by atoms with Crippen molar-refractivity contribution in [3.05, 3.63) is 35.1 Å². The van der Waals surface area contributed by atoms with E-state index >= 15 is 0 Å². The number of anilines is 3.